The van der Waals surface area contributed by atoms with Crippen LogP contribution < -0.4 is 4.74 Å². The third-order valence-electron chi connectivity index (χ3n) is 9.60. The van der Waals surface area contributed by atoms with Gasteiger partial charge in [-0.25, -0.2) is 8.42 Å². The molecule has 9 heteroatoms. The van der Waals surface area contributed by atoms with Gasteiger partial charge in [0.05, 0.1) is 18.6 Å². The maximum absolute atomic E-state index is 13.2. The number of methoxy groups -OCH3 is 1. The highest BCUT2D eigenvalue weighted by Gasteiger charge is 2.42. The molecule has 2 aromatic carbocycles. The van der Waals surface area contributed by atoms with Crippen LogP contribution in [0.25, 0.3) is 0 Å². The minimum Gasteiger partial charge on any atom is -0.497 e. The van der Waals surface area contributed by atoms with Crippen LogP contribution in [0.15, 0.2) is 47.4 Å². The smallest absolute Gasteiger partial charge is 0.248 e. The number of carbonyl (C=O) groups excluding carboxylic acids is 1. The SMILES string of the molecule is COc1cc(C)c(S(=O)(=O)N(C)CCOCC(=O)N(C)CCCC2CCC(c3ccccc3)(N3CCCC3)CC2)c(C)c1. The molecule has 0 bridgehead atoms. The molecule has 0 radical (unpaired) electrons. The molecule has 1 saturated carbocycles. The minimum atomic E-state index is -3.69. The van der Waals surface area contributed by atoms with E-state index in [1.54, 1.807) is 38.0 Å². The summed E-state index contributed by atoms with van der Waals surface area (Å²) < 4.78 is 38.5. The summed E-state index contributed by atoms with van der Waals surface area (Å²) in [6.07, 6.45) is 9.63. The summed E-state index contributed by atoms with van der Waals surface area (Å²) >= 11 is 0. The summed E-state index contributed by atoms with van der Waals surface area (Å²) in [4.78, 5) is 17.5. The van der Waals surface area contributed by atoms with Gasteiger partial charge in [0.2, 0.25) is 15.9 Å². The molecule has 1 saturated heterocycles. The van der Waals surface area contributed by atoms with E-state index in [0.717, 1.165) is 12.8 Å². The quantitative estimate of drug-likeness (QED) is 0.267. The number of nitrogens with zero attached hydrogens (tertiary/aromatic N) is 3. The van der Waals surface area contributed by atoms with E-state index >= 15 is 0 Å². The molecule has 4 rings (SSSR count). The monoisotopic (exact) mass is 613 g/mol. The van der Waals surface area contributed by atoms with Gasteiger partial charge in [0.1, 0.15) is 12.4 Å². The van der Waals surface area contributed by atoms with Crippen LogP contribution in [-0.2, 0) is 25.1 Å². The van der Waals surface area contributed by atoms with Crippen molar-refractivity contribution in [3.63, 3.8) is 0 Å². The van der Waals surface area contributed by atoms with E-state index in [0.29, 0.717) is 29.3 Å². The molecule has 0 aromatic heterocycles. The van der Waals surface area contributed by atoms with Crippen molar-refractivity contribution in [3.8, 4) is 5.75 Å². The number of aryl methyl sites for hydroxylation is 2. The van der Waals surface area contributed by atoms with Gasteiger partial charge in [-0.2, -0.15) is 4.31 Å². The molecule has 0 atom stereocenters. The van der Waals surface area contributed by atoms with E-state index in [1.165, 1.54) is 68.5 Å². The van der Waals surface area contributed by atoms with Crippen LogP contribution >= 0.6 is 0 Å². The number of ether oxygens (including phenoxy) is 2. The highest BCUT2D eigenvalue weighted by atomic mass is 32.2. The molecule has 0 N–H and O–H groups in total. The van der Waals surface area contributed by atoms with Crippen molar-refractivity contribution in [1.29, 1.82) is 0 Å². The van der Waals surface area contributed by atoms with Crippen LogP contribution in [0.5, 0.6) is 5.75 Å². The van der Waals surface area contributed by atoms with E-state index in [1.807, 2.05) is 7.05 Å². The van der Waals surface area contributed by atoms with Crippen molar-refractivity contribution < 1.29 is 22.7 Å². The Bertz CT molecular complexity index is 1280. The second kappa shape index (κ2) is 15.0. The normalized spacial score (nSPS) is 21.3. The maximum atomic E-state index is 13.2. The zero-order valence-electron chi connectivity index (χ0n) is 26.8. The second-order valence-electron chi connectivity index (χ2n) is 12.5. The molecule has 1 heterocycles. The fourth-order valence-corrected chi connectivity index (χ4v) is 8.60. The lowest BCUT2D eigenvalue weighted by Crippen LogP contribution is -2.47. The van der Waals surface area contributed by atoms with E-state index in [4.69, 9.17) is 9.47 Å². The van der Waals surface area contributed by atoms with Gasteiger partial charge in [-0.05, 0) is 113 Å². The summed E-state index contributed by atoms with van der Waals surface area (Å²) in [7, 11) is 1.23. The summed E-state index contributed by atoms with van der Waals surface area (Å²) in [6.45, 7) is 6.91. The zero-order valence-corrected chi connectivity index (χ0v) is 27.6. The first-order valence-corrected chi connectivity index (χ1v) is 17.3. The number of likely N-dealkylation sites (tertiary alicyclic amines) is 1. The summed E-state index contributed by atoms with van der Waals surface area (Å²) in [5, 5.41) is 0. The Balaban J connectivity index is 1.17. The van der Waals surface area contributed by atoms with Crippen LogP contribution in [-0.4, -0.2) is 89.0 Å². The molecule has 0 spiro atoms. The van der Waals surface area contributed by atoms with Crippen molar-refractivity contribution in [2.45, 2.75) is 75.6 Å². The van der Waals surface area contributed by atoms with Gasteiger partial charge in [-0.1, -0.05) is 30.3 Å². The Morgan fingerprint density at radius 2 is 1.63 bits per heavy atom. The maximum Gasteiger partial charge on any atom is 0.248 e. The Labute approximate surface area is 259 Å². The molecule has 1 aliphatic carbocycles. The minimum absolute atomic E-state index is 0.0517. The highest BCUT2D eigenvalue weighted by Crippen LogP contribution is 2.46. The van der Waals surface area contributed by atoms with Crippen molar-refractivity contribution in [3.05, 3.63) is 59.2 Å². The van der Waals surface area contributed by atoms with Crippen LogP contribution in [0.4, 0.5) is 0 Å². The molecule has 1 amide bonds. The lowest BCUT2D eigenvalue weighted by atomic mass is 9.70. The van der Waals surface area contributed by atoms with Gasteiger partial charge in [-0.3, -0.25) is 9.69 Å². The van der Waals surface area contributed by atoms with Crippen LogP contribution in [0.2, 0.25) is 0 Å². The third-order valence-corrected chi connectivity index (χ3v) is 11.8. The number of hydrogen-bond donors (Lipinski definition) is 0. The van der Waals surface area contributed by atoms with E-state index in [-0.39, 0.29) is 36.1 Å². The first-order chi connectivity index (χ1) is 20.6. The second-order valence-corrected chi connectivity index (χ2v) is 14.4. The zero-order chi connectivity index (χ0) is 31.0. The average molecular weight is 614 g/mol. The summed E-state index contributed by atoms with van der Waals surface area (Å²) in [5.41, 5.74) is 2.95. The highest BCUT2D eigenvalue weighted by molar-refractivity contribution is 7.89. The Morgan fingerprint density at radius 3 is 2.23 bits per heavy atom. The molecular formula is C34H51N3O5S. The lowest BCUT2D eigenvalue weighted by Gasteiger charge is -2.47. The molecule has 238 valence electrons. The Kier molecular flexibility index (Phi) is 11.7. The molecule has 0 unspecified atom stereocenters. The Hall–Kier alpha value is -2.46. The molecule has 2 aliphatic rings. The van der Waals surface area contributed by atoms with Gasteiger partial charge in [0, 0.05) is 32.7 Å². The fourth-order valence-electron chi connectivity index (χ4n) is 7.04. The molecule has 2 fully saturated rings. The summed E-state index contributed by atoms with van der Waals surface area (Å²) in [5.74, 6) is 1.26. The Morgan fingerprint density at radius 1 is 1.00 bits per heavy atom. The summed E-state index contributed by atoms with van der Waals surface area (Å²) in [6, 6.07) is 14.6. The van der Waals surface area contributed by atoms with E-state index < -0.39 is 10.0 Å². The third kappa shape index (κ3) is 7.98. The van der Waals surface area contributed by atoms with Gasteiger partial charge in [0.15, 0.2) is 0 Å². The molecule has 43 heavy (non-hydrogen) atoms. The number of carbonyl (C=O) groups is 1. The van der Waals surface area contributed by atoms with Gasteiger partial charge < -0.3 is 14.4 Å². The largest absolute Gasteiger partial charge is 0.497 e. The van der Waals surface area contributed by atoms with Crippen LogP contribution in [0, 0.1) is 19.8 Å². The van der Waals surface area contributed by atoms with Gasteiger partial charge >= 0.3 is 0 Å². The number of likely N-dealkylation sites (N-methyl/N-ethyl adjacent to an activating group) is 2. The van der Waals surface area contributed by atoms with Gasteiger partial charge in [0.25, 0.3) is 0 Å². The number of amides is 1. The first-order valence-electron chi connectivity index (χ1n) is 15.8. The number of sulfonamides is 1. The predicted molar refractivity (Wildman–Crippen MR) is 171 cm³/mol. The number of rotatable bonds is 14. The first kappa shape index (κ1) is 33.4. The van der Waals surface area contributed by atoms with Gasteiger partial charge in [-0.15, -0.1) is 0 Å². The molecule has 1 aliphatic heterocycles. The fraction of sp³-hybridized carbons (Fsp3) is 0.618. The van der Waals surface area contributed by atoms with Crippen molar-refractivity contribution >= 4 is 15.9 Å². The number of hydrogen-bond acceptors (Lipinski definition) is 6. The number of benzene rings is 2. The standard InChI is InChI=1S/C34H51N3O5S/c1-27-24-31(41-5)25-28(2)33(27)43(39,40)36(4)22-23-42-26-32(38)35(3)19-11-12-29-15-17-34(18-16-29,37-20-9-10-21-37)30-13-7-6-8-14-30/h6-8,13-14,24-25,29H,9-12,15-23,26H2,1-5H3. The predicted octanol–water partition coefficient (Wildman–Crippen LogP) is 5.37. The molecule has 8 nitrogen and oxygen atoms in total. The topological polar surface area (TPSA) is 79.4 Å². The van der Waals surface area contributed by atoms with E-state index in [2.05, 4.69) is 35.2 Å². The van der Waals surface area contributed by atoms with Crippen LogP contribution in [0.3, 0.4) is 0 Å². The lowest BCUT2D eigenvalue weighted by molar-refractivity contribution is -0.134. The average Bonchev–Trinajstić information content (AvgIpc) is 3.55. The van der Waals surface area contributed by atoms with Crippen molar-refractivity contribution in [1.82, 2.24) is 14.1 Å². The van der Waals surface area contributed by atoms with Crippen LogP contribution in [0.1, 0.15) is 68.1 Å². The van der Waals surface area contributed by atoms with E-state index in [9.17, 15) is 13.2 Å². The van der Waals surface area contributed by atoms with Crippen molar-refractivity contribution in [2.75, 3.05) is 60.6 Å². The molecule has 2 aromatic rings. The van der Waals surface area contributed by atoms with Crippen molar-refractivity contribution in [2.24, 2.45) is 5.92 Å². The molecular weight excluding hydrogens is 562 g/mol.